The molecular formula is C20H26N2O4. The van der Waals surface area contributed by atoms with E-state index in [4.69, 9.17) is 9.47 Å². The van der Waals surface area contributed by atoms with Crippen LogP contribution in [-0.4, -0.2) is 54.2 Å². The molecule has 1 atom stereocenters. The zero-order chi connectivity index (χ0) is 18.8. The molecular weight excluding hydrogens is 332 g/mol. The maximum atomic E-state index is 13.0. The van der Waals surface area contributed by atoms with Crippen molar-refractivity contribution >= 4 is 11.8 Å². The summed E-state index contributed by atoms with van der Waals surface area (Å²) >= 11 is 0. The van der Waals surface area contributed by atoms with E-state index in [9.17, 15) is 9.59 Å². The largest absolute Gasteiger partial charge is 0.378 e. The normalized spacial score (nSPS) is 24.5. The minimum atomic E-state index is -0.406. The Balaban J connectivity index is 1.69. The number of nitrogens with zero attached hydrogens (tertiary/aromatic N) is 1. The lowest BCUT2D eigenvalue weighted by atomic mass is 9.94. The van der Waals surface area contributed by atoms with Gasteiger partial charge < -0.3 is 19.7 Å². The van der Waals surface area contributed by atoms with Gasteiger partial charge in [-0.2, -0.15) is 0 Å². The van der Waals surface area contributed by atoms with Crippen LogP contribution >= 0.6 is 0 Å². The molecule has 6 heteroatoms. The number of rotatable bonds is 4. The topological polar surface area (TPSA) is 67.9 Å². The summed E-state index contributed by atoms with van der Waals surface area (Å²) in [6.45, 7) is 10.1. The maximum Gasteiger partial charge on any atom is 0.254 e. The van der Waals surface area contributed by atoms with Gasteiger partial charge in [0.05, 0.1) is 18.8 Å². The molecule has 0 saturated carbocycles. The molecule has 0 aliphatic carbocycles. The van der Waals surface area contributed by atoms with E-state index in [0.29, 0.717) is 38.4 Å². The molecule has 2 fully saturated rings. The number of nitrogens with one attached hydrogen (secondary N) is 1. The molecule has 1 N–H and O–H groups in total. The molecule has 2 heterocycles. The monoisotopic (exact) mass is 358 g/mol. The molecule has 1 aromatic rings. The molecule has 2 saturated heterocycles. The number of hydrogen-bond acceptors (Lipinski definition) is 4. The highest BCUT2D eigenvalue weighted by Crippen LogP contribution is 2.35. The number of carbonyl (C=O) groups excluding carboxylic acids is 2. The second-order valence-corrected chi connectivity index (χ2v) is 7.63. The summed E-state index contributed by atoms with van der Waals surface area (Å²) in [6, 6.07) is 7.32. The average Bonchev–Trinajstić information content (AvgIpc) is 3.04. The summed E-state index contributed by atoms with van der Waals surface area (Å²) in [5.41, 5.74) is 0.762. The van der Waals surface area contributed by atoms with Crippen LogP contribution in [0.1, 0.15) is 36.2 Å². The van der Waals surface area contributed by atoms with Crippen LogP contribution in [-0.2, 0) is 20.8 Å². The lowest BCUT2D eigenvalue weighted by molar-refractivity contribution is -0.186. The van der Waals surface area contributed by atoms with E-state index in [1.54, 1.807) is 12.1 Å². The van der Waals surface area contributed by atoms with E-state index >= 15 is 0 Å². The minimum Gasteiger partial charge on any atom is -0.378 e. The summed E-state index contributed by atoms with van der Waals surface area (Å²) in [4.78, 5) is 26.1. The fourth-order valence-corrected chi connectivity index (χ4v) is 3.66. The van der Waals surface area contributed by atoms with Crippen molar-refractivity contribution in [2.45, 2.75) is 38.0 Å². The van der Waals surface area contributed by atoms with Crippen molar-refractivity contribution in [3.63, 3.8) is 0 Å². The van der Waals surface area contributed by atoms with Gasteiger partial charge >= 0.3 is 0 Å². The first-order valence-corrected chi connectivity index (χ1v) is 8.89. The predicted octanol–water partition coefficient (Wildman–Crippen LogP) is 1.90. The Kier molecular flexibility index (Phi) is 5.16. The smallest absolute Gasteiger partial charge is 0.254 e. The van der Waals surface area contributed by atoms with Crippen LogP contribution in [0, 0.1) is 0 Å². The van der Waals surface area contributed by atoms with Crippen LogP contribution < -0.4 is 5.32 Å². The number of amides is 2. The number of hydrogen-bond donors (Lipinski definition) is 1. The molecule has 2 aliphatic heterocycles. The Morgan fingerprint density at radius 2 is 2.00 bits per heavy atom. The van der Waals surface area contributed by atoms with E-state index in [-0.39, 0.29) is 11.8 Å². The summed E-state index contributed by atoms with van der Waals surface area (Å²) in [5, 5.41) is 2.72. The zero-order valence-corrected chi connectivity index (χ0v) is 15.4. The molecule has 1 spiro atoms. The molecule has 0 aromatic heterocycles. The minimum absolute atomic E-state index is 0.00525. The second kappa shape index (κ2) is 7.21. The van der Waals surface area contributed by atoms with Crippen LogP contribution in [0.2, 0.25) is 0 Å². The maximum absolute atomic E-state index is 13.0. The Labute approximate surface area is 154 Å². The van der Waals surface area contributed by atoms with Crippen LogP contribution in [0.4, 0.5) is 0 Å². The van der Waals surface area contributed by atoms with Crippen LogP contribution in [0.15, 0.2) is 36.9 Å². The van der Waals surface area contributed by atoms with Crippen molar-refractivity contribution < 1.29 is 19.1 Å². The van der Waals surface area contributed by atoms with Gasteiger partial charge in [0.2, 0.25) is 5.91 Å². The van der Waals surface area contributed by atoms with Gasteiger partial charge in [-0.3, -0.25) is 9.59 Å². The van der Waals surface area contributed by atoms with Gasteiger partial charge in [0.15, 0.2) is 0 Å². The Morgan fingerprint density at radius 1 is 1.27 bits per heavy atom. The third-order valence-electron chi connectivity index (χ3n) is 4.75. The predicted molar refractivity (Wildman–Crippen MR) is 97.7 cm³/mol. The number of carbonyl (C=O) groups is 2. The Hall–Kier alpha value is -2.18. The van der Waals surface area contributed by atoms with Crippen molar-refractivity contribution in [3.05, 3.63) is 48.0 Å². The summed E-state index contributed by atoms with van der Waals surface area (Å²) in [6.07, 6.45) is 2.04. The van der Waals surface area contributed by atoms with Gasteiger partial charge in [-0.15, -0.1) is 0 Å². The standard InChI is InChI=1S/C20H26N2O4/c1-4-17(23)21-11-15-5-7-16(8-6-15)18(24)22-12-19(2,3)26-20(13-22)9-10-25-14-20/h4-8H,1,9-14H2,2-3H3,(H,21,23). The SMILES string of the molecule is C=CC(=O)NCc1ccc(C(=O)N2CC(C)(C)OC3(CCOC3)C2)cc1. The van der Waals surface area contributed by atoms with Gasteiger partial charge in [-0.1, -0.05) is 18.7 Å². The van der Waals surface area contributed by atoms with Gasteiger partial charge in [0.1, 0.15) is 5.60 Å². The fraction of sp³-hybridized carbons (Fsp3) is 0.500. The van der Waals surface area contributed by atoms with Gasteiger partial charge in [0, 0.05) is 31.7 Å². The molecule has 3 rings (SSSR count). The summed E-state index contributed by atoms with van der Waals surface area (Å²) < 4.78 is 11.8. The highest BCUT2D eigenvalue weighted by Gasteiger charge is 2.48. The van der Waals surface area contributed by atoms with Crippen molar-refractivity contribution in [2.75, 3.05) is 26.3 Å². The third-order valence-corrected chi connectivity index (χ3v) is 4.75. The molecule has 6 nitrogen and oxygen atoms in total. The second-order valence-electron chi connectivity index (χ2n) is 7.63. The first-order valence-electron chi connectivity index (χ1n) is 8.89. The molecule has 0 radical (unpaired) electrons. The zero-order valence-electron chi connectivity index (χ0n) is 15.4. The first-order chi connectivity index (χ1) is 12.3. The summed E-state index contributed by atoms with van der Waals surface area (Å²) in [7, 11) is 0. The molecule has 140 valence electrons. The highest BCUT2D eigenvalue weighted by atomic mass is 16.6. The Morgan fingerprint density at radius 3 is 2.62 bits per heavy atom. The van der Waals surface area contributed by atoms with Crippen LogP contribution in [0.3, 0.4) is 0 Å². The van der Waals surface area contributed by atoms with E-state index in [1.165, 1.54) is 6.08 Å². The van der Waals surface area contributed by atoms with E-state index < -0.39 is 11.2 Å². The molecule has 1 aromatic carbocycles. The van der Waals surface area contributed by atoms with Crippen molar-refractivity contribution in [1.29, 1.82) is 0 Å². The lowest BCUT2D eigenvalue weighted by Gasteiger charge is -2.48. The van der Waals surface area contributed by atoms with Crippen LogP contribution in [0.5, 0.6) is 0 Å². The number of morpholine rings is 1. The van der Waals surface area contributed by atoms with Gasteiger partial charge in [0.25, 0.3) is 5.91 Å². The molecule has 2 amide bonds. The van der Waals surface area contributed by atoms with Crippen molar-refractivity contribution in [2.24, 2.45) is 0 Å². The van der Waals surface area contributed by atoms with Crippen molar-refractivity contribution in [3.8, 4) is 0 Å². The highest BCUT2D eigenvalue weighted by molar-refractivity contribution is 5.94. The first kappa shape index (κ1) is 18.6. The quantitative estimate of drug-likeness (QED) is 0.835. The third kappa shape index (κ3) is 4.14. The summed E-state index contributed by atoms with van der Waals surface area (Å²) in [5.74, 6) is -0.223. The average molecular weight is 358 g/mol. The molecule has 0 bridgehead atoms. The van der Waals surface area contributed by atoms with Crippen LogP contribution in [0.25, 0.3) is 0 Å². The lowest BCUT2D eigenvalue weighted by Crippen LogP contribution is -2.61. The fourth-order valence-electron chi connectivity index (χ4n) is 3.66. The van der Waals surface area contributed by atoms with E-state index in [0.717, 1.165) is 12.0 Å². The molecule has 2 aliphatic rings. The van der Waals surface area contributed by atoms with Gasteiger partial charge in [-0.25, -0.2) is 0 Å². The van der Waals surface area contributed by atoms with Crippen molar-refractivity contribution in [1.82, 2.24) is 10.2 Å². The van der Waals surface area contributed by atoms with E-state index in [1.807, 2.05) is 30.9 Å². The van der Waals surface area contributed by atoms with E-state index in [2.05, 4.69) is 11.9 Å². The molecule has 1 unspecified atom stereocenters. The molecule has 26 heavy (non-hydrogen) atoms. The Bertz CT molecular complexity index is 690. The van der Waals surface area contributed by atoms with Gasteiger partial charge in [-0.05, 0) is 37.6 Å². The number of ether oxygens (including phenoxy) is 2. The number of benzene rings is 1.